The van der Waals surface area contributed by atoms with Gasteiger partial charge in [-0.15, -0.1) is 0 Å². The number of pyridine rings is 1. The zero-order chi connectivity index (χ0) is 17.3. The molecule has 1 saturated carbocycles. The van der Waals surface area contributed by atoms with Crippen LogP contribution in [0.3, 0.4) is 0 Å². The quantitative estimate of drug-likeness (QED) is 0.829. The van der Waals surface area contributed by atoms with Gasteiger partial charge >= 0.3 is 0 Å². The highest BCUT2D eigenvalue weighted by Gasteiger charge is 2.45. The van der Waals surface area contributed by atoms with Gasteiger partial charge in [-0.2, -0.15) is 11.8 Å². The normalized spacial score (nSPS) is 24.6. The number of fused-ring (bicyclic) bond motifs is 1. The van der Waals surface area contributed by atoms with Crippen LogP contribution < -0.4 is 5.32 Å². The van der Waals surface area contributed by atoms with Gasteiger partial charge in [0, 0.05) is 29.2 Å². The average molecular weight is 356 g/mol. The van der Waals surface area contributed by atoms with Gasteiger partial charge in [-0.05, 0) is 50.0 Å². The molecule has 2 unspecified atom stereocenters. The number of hydrogen-bond donors (Lipinski definition) is 2. The Balaban J connectivity index is 1.58. The first-order valence-corrected chi connectivity index (χ1v) is 10.1. The molecule has 0 bridgehead atoms. The van der Waals surface area contributed by atoms with E-state index in [2.05, 4.69) is 17.2 Å². The Morgan fingerprint density at radius 3 is 2.96 bits per heavy atom. The van der Waals surface area contributed by atoms with Crippen LogP contribution >= 0.6 is 11.8 Å². The summed E-state index contributed by atoms with van der Waals surface area (Å²) in [6.45, 7) is 2.70. The Morgan fingerprint density at radius 1 is 1.32 bits per heavy atom. The van der Waals surface area contributed by atoms with Crippen molar-refractivity contribution in [3.05, 3.63) is 35.7 Å². The first kappa shape index (κ1) is 16.8. The third kappa shape index (κ3) is 3.25. The smallest absolute Gasteiger partial charge is 0.180 e. The maximum Gasteiger partial charge on any atom is 0.180 e. The summed E-state index contributed by atoms with van der Waals surface area (Å²) in [7, 11) is 0. The Labute approximate surface area is 152 Å². The molecule has 2 atom stereocenters. The number of anilines is 1. The number of nitrogens with one attached hydrogen (secondary N) is 1. The molecule has 25 heavy (non-hydrogen) atoms. The fraction of sp³-hybridized carbons (Fsp3) is 0.526. The topological polar surface area (TPSA) is 70.9 Å². The van der Waals surface area contributed by atoms with Crippen LogP contribution in [0.4, 0.5) is 5.82 Å². The van der Waals surface area contributed by atoms with Crippen molar-refractivity contribution in [2.45, 2.75) is 49.9 Å². The fourth-order valence-corrected chi connectivity index (χ4v) is 4.86. The minimum Gasteiger partial charge on any atom is -0.387 e. The van der Waals surface area contributed by atoms with Gasteiger partial charge in [0.1, 0.15) is 11.5 Å². The van der Waals surface area contributed by atoms with Crippen LogP contribution in [-0.2, 0) is 12.8 Å². The van der Waals surface area contributed by atoms with Crippen LogP contribution in [-0.4, -0.2) is 43.2 Å². The summed E-state index contributed by atoms with van der Waals surface area (Å²) in [6.07, 6.45) is 6.83. The number of hydrogen-bond acceptors (Lipinski definition) is 6. The van der Waals surface area contributed by atoms with E-state index in [0.29, 0.717) is 17.6 Å². The molecule has 2 N–H and O–H groups in total. The van der Waals surface area contributed by atoms with Gasteiger partial charge in [-0.3, -0.25) is 4.98 Å². The molecule has 0 spiro atoms. The maximum atomic E-state index is 10.9. The van der Waals surface area contributed by atoms with Crippen molar-refractivity contribution in [2.24, 2.45) is 0 Å². The van der Waals surface area contributed by atoms with Gasteiger partial charge < -0.3 is 10.4 Å². The monoisotopic (exact) mass is 356 g/mol. The van der Waals surface area contributed by atoms with Crippen molar-refractivity contribution in [1.29, 1.82) is 0 Å². The lowest BCUT2D eigenvalue weighted by Crippen LogP contribution is -2.54. The lowest BCUT2D eigenvalue weighted by atomic mass is 9.79. The van der Waals surface area contributed by atoms with Crippen LogP contribution in [0.1, 0.15) is 37.4 Å². The highest BCUT2D eigenvalue weighted by atomic mass is 32.2. The standard InChI is InChI=1S/C19H24N4OS/c1-2-25-16-9-10-19(16,24)12-21-17-13-6-5-8-14(13)22-18(23-17)15-7-3-4-11-20-15/h3-4,7,11,16,24H,2,5-6,8-10,12H2,1H3,(H,21,22,23). The Kier molecular flexibility index (Phi) is 4.65. The van der Waals surface area contributed by atoms with Crippen molar-refractivity contribution in [1.82, 2.24) is 15.0 Å². The number of nitrogens with zero attached hydrogens (tertiary/aromatic N) is 3. The maximum absolute atomic E-state index is 10.9. The summed E-state index contributed by atoms with van der Waals surface area (Å²) in [6, 6.07) is 5.79. The van der Waals surface area contributed by atoms with Crippen LogP contribution in [0.15, 0.2) is 24.4 Å². The molecule has 2 heterocycles. The lowest BCUT2D eigenvalue weighted by molar-refractivity contribution is -0.0120. The molecule has 0 saturated heterocycles. The van der Waals surface area contributed by atoms with E-state index < -0.39 is 5.60 Å². The second-order valence-electron chi connectivity index (χ2n) is 6.83. The molecule has 2 aliphatic rings. The average Bonchev–Trinajstić information content (AvgIpc) is 3.12. The predicted octanol–water partition coefficient (Wildman–Crippen LogP) is 3.09. The minimum atomic E-state index is -0.623. The Hall–Kier alpha value is -1.66. The summed E-state index contributed by atoms with van der Waals surface area (Å²) in [5, 5.41) is 14.6. The molecule has 132 valence electrons. The molecule has 0 aromatic carbocycles. The van der Waals surface area contributed by atoms with Crippen LogP contribution in [0, 0.1) is 0 Å². The van der Waals surface area contributed by atoms with Gasteiger partial charge in [0.15, 0.2) is 5.82 Å². The zero-order valence-corrected chi connectivity index (χ0v) is 15.4. The minimum absolute atomic E-state index is 0.329. The summed E-state index contributed by atoms with van der Waals surface area (Å²) >= 11 is 1.85. The molecular weight excluding hydrogens is 332 g/mol. The number of rotatable bonds is 6. The largest absolute Gasteiger partial charge is 0.387 e. The zero-order valence-electron chi connectivity index (χ0n) is 14.5. The molecule has 2 aliphatic carbocycles. The van der Waals surface area contributed by atoms with E-state index in [1.807, 2.05) is 30.0 Å². The molecule has 1 fully saturated rings. The number of aliphatic hydroxyl groups is 1. The van der Waals surface area contributed by atoms with E-state index in [1.54, 1.807) is 6.20 Å². The van der Waals surface area contributed by atoms with Crippen molar-refractivity contribution in [3.8, 4) is 11.5 Å². The summed E-state index contributed by atoms with van der Waals surface area (Å²) in [4.78, 5) is 13.9. The van der Waals surface area contributed by atoms with Crippen LogP contribution in [0.25, 0.3) is 11.5 Å². The van der Waals surface area contributed by atoms with Gasteiger partial charge in [0.2, 0.25) is 0 Å². The highest BCUT2D eigenvalue weighted by molar-refractivity contribution is 8.00. The number of aromatic nitrogens is 3. The van der Waals surface area contributed by atoms with E-state index >= 15 is 0 Å². The fourth-order valence-electron chi connectivity index (χ4n) is 3.66. The van der Waals surface area contributed by atoms with Gasteiger partial charge in [0.25, 0.3) is 0 Å². The van der Waals surface area contributed by atoms with Gasteiger partial charge in [-0.1, -0.05) is 13.0 Å². The molecule has 0 aliphatic heterocycles. The van der Waals surface area contributed by atoms with E-state index in [1.165, 1.54) is 5.56 Å². The molecule has 0 radical (unpaired) electrons. The van der Waals surface area contributed by atoms with Crippen LogP contribution in [0.5, 0.6) is 0 Å². The second kappa shape index (κ2) is 6.92. The molecule has 0 amide bonds. The number of thioether (sulfide) groups is 1. The lowest BCUT2D eigenvalue weighted by Gasteiger charge is -2.45. The summed E-state index contributed by atoms with van der Waals surface area (Å²) in [5.74, 6) is 2.59. The SMILES string of the molecule is CCSC1CCC1(O)CNc1nc(-c2ccccn2)nc2c1CCC2. The van der Waals surface area contributed by atoms with Gasteiger partial charge in [-0.25, -0.2) is 9.97 Å². The first-order valence-electron chi connectivity index (χ1n) is 9.08. The summed E-state index contributed by atoms with van der Waals surface area (Å²) < 4.78 is 0. The van der Waals surface area contributed by atoms with E-state index in [0.717, 1.165) is 55.1 Å². The first-order chi connectivity index (χ1) is 12.2. The second-order valence-corrected chi connectivity index (χ2v) is 8.31. The van der Waals surface area contributed by atoms with Crippen molar-refractivity contribution >= 4 is 17.6 Å². The summed E-state index contributed by atoms with van der Waals surface area (Å²) in [5.41, 5.74) is 2.50. The molecule has 2 aromatic rings. The third-order valence-corrected chi connectivity index (χ3v) is 6.61. The van der Waals surface area contributed by atoms with Crippen molar-refractivity contribution < 1.29 is 5.11 Å². The molecule has 6 heteroatoms. The predicted molar refractivity (Wildman–Crippen MR) is 102 cm³/mol. The molecular formula is C19H24N4OS. The van der Waals surface area contributed by atoms with Crippen molar-refractivity contribution in [3.63, 3.8) is 0 Å². The molecule has 4 rings (SSSR count). The van der Waals surface area contributed by atoms with E-state index in [4.69, 9.17) is 9.97 Å². The Morgan fingerprint density at radius 2 is 2.24 bits per heavy atom. The molecule has 2 aromatic heterocycles. The third-order valence-electron chi connectivity index (χ3n) is 5.20. The Bertz CT molecular complexity index is 755. The van der Waals surface area contributed by atoms with E-state index in [-0.39, 0.29) is 0 Å². The highest BCUT2D eigenvalue weighted by Crippen LogP contribution is 2.41. The van der Waals surface area contributed by atoms with Gasteiger partial charge in [0.05, 0.1) is 5.60 Å². The van der Waals surface area contributed by atoms with Crippen LogP contribution in [0.2, 0.25) is 0 Å². The molecule has 5 nitrogen and oxygen atoms in total. The van der Waals surface area contributed by atoms with E-state index in [9.17, 15) is 5.11 Å². The van der Waals surface area contributed by atoms with Crippen molar-refractivity contribution in [2.75, 3.05) is 17.6 Å². The number of aryl methyl sites for hydroxylation is 1.